The van der Waals surface area contributed by atoms with E-state index in [1.807, 2.05) is 84.0 Å². The first-order chi connectivity index (χ1) is 21.6. The maximum Gasteiger partial charge on any atom is 0.253 e. The summed E-state index contributed by atoms with van der Waals surface area (Å²) in [5.41, 5.74) is 6.67. The molecule has 1 spiro atoms. The summed E-state index contributed by atoms with van der Waals surface area (Å²) in [5.74, 6) is -0.117. The van der Waals surface area contributed by atoms with E-state index in [2.05, 4.69) is 39.0 Å². The SMILES string of the molecule is O=C(c1ccc2c(c1)CN(C(=O)C(c1ccccc1)c1ccccc1)CC2)N1CCC2(CC1)CCN(c1ccncc1)CC2. The standard InChI is InChI=1S/C38H40N4O2/c43-36(41-25-18-38(19-26-41)16-23-40(24-17-38)34-13-20-39-21-14-34)32-12-11-29-15-22-42(28-33(29)27-32)37(44)35(30-7-3-1-4-8-30)31-9-5-2-6-10-31/h1-14,20-21,27,35H,15-19,22-26,28H2. The molecule has 0 unspecified atom stereocenters. The monoisotopic (exact) mass is 584 g/mol. The van der Waals surface area contributed by atoms with Crippen molar-refractivity contribution in [2.24, 2.45) is 5.41 Å². The van der Waals surface area contributed by atoms with Crippen molar-refractivity contribution in [3.63, 3.8) is 0 Å². The molecule has 4 heterocycles. The van der Waals surface area contributed by atoms with E-state index in [-0.39, 0.29) is 17.7 Å². The van der Waals surface area contributed by atoms with E-state index in [1.165, 1.54) is 24.1 Å². The average molecular weight is 585 g/mol. The molecule has 0 aliphatic carbocycles. The van der Waals surface area contributed by atoms with Crippen LogP contribution >= 0.6 is 0 Å². The van der Waals surface area contributed by atoms with Crippen molar-refractivity contribution < 1.29 is 9.59 Å². The highest BCUT2D eigenvalue weighted by atomic mass is 16.2. The number of benzene rings is 3. The van der Waals surface area contributed by atoms with Crippen molar-refractivity contribution in [1.29, 1.82) is 0 Å². The molecule has 0 N–H and O–H groups in total. The number of anilines is 1. The molecular formula is C38H40N4O2. The molecule has 2 amide bonds. The number of pyridine rings is 1. The fraction of sp³-hybridized carbons (Fsp3) is 0.342. The van der Waals surface area contributed by atoms with E-state index in [4.69, 9.17) is 0 Å². The Kier molecular flexibility index (Phi) is 7.90. The van der Waals surface area contributed by atoms with Crippen molar-refractivity contribution in [3.8, 4) is 0 Å². The van der Waals surface area contributed by atoms with Gasteiger partial charge < -0.3 is 14.7 Å². The van der Waals surface area contributed by atoms with Gasteiger partial charge in [0, 0.05) is 62.9 Å². The number of piperidine rings is 2. The zero-order valence-electron chi connectivity index (χ0n) is 25.3. The predicted octanol–water partition coefficient (Wildman–Crippen LogP) is 6.32. The lowest BCUT2D eigenvalue weighted by atomic mass is 9.71. The Morgan fingerprint density at radius 2 is 1.27 bits per heavy atom. The third-order valence-corrected chi connectivity index (χ3v) is 10.3. The second-order valence-electron chi connectivity index (χ2n) is 12.7. The third-order valence-electron chi connectivity index (χ3n) is 10.3. The Morgan fingerprint density at radius 3 is 1.91 bits per heavy atom. The quantitative estimate of drug-likeness (QED) is 0.276. The van der Waals surface area contributed by atoms with Gasteiger partial charge in [0.2, 0.25) is 5.91 Å². The lowest BCUT2D eigenvalue weighted by Crippen LogP contribution is -2.48. The highest BCUT2D eigenvalue weighted by Crippen LogP contribution is 2.42. The van der Waals surface area contributed by atoms with Gasteiger partial charge in [-0.05, 0) is 84.0 Å². The van der Waals surface area contributed by atoms with Crippen LogP contribution in [-0.2, 0) is 17.8 Å². The zero-order valence-corrected chi connectivity index (χ0v) is 25.3. The van der Waals surface area contributed by atoms with Crippen LogP contribution in [0.2, 0.25) is 0 Å². The molecule has 0 radical (unpaired) electrons. The second-order valence-corrected chi connectivity index (χ2v) is 12.7. The van der Waals surface area contributed by atoms with Crippen LogP contribution in [0.5, 0.6) is 0 Å². The first-order valence-corrected chi connectivity index (χ1v) is 16.0. The molecule has 2 fully saturated rings. The van der Waals surface area contributed by atoms with E-state index in [0.717, 1.165) is 67.7 Å². The summed E-state index contributed by atoms with van der Waals surface area (Å²) in [6, 6.07) is 30.5. The minimum atomic E-state index is -0.346. The number of carbonyl (C=O) groups excluding carboxylic acids is 2. The van der Waals surface area contributed by atoms with Crippen molar-refractivity contribution >= 4 is 17.5 Å². The third kappa shape index (κ3) is 5.73. The number of amides is 2. The molecule has 0 atom stereocenters. The average Bonchev–Trinajstić information content (AvgIpc) is 3.09. The van der Waals surface area contributed by atoms with E-state index >= 15 is 0 Å². The molecular weight excluding hydrogens is 544 g/mol. The van der Waals surface area contributed by atoms with Gasteiger partial charge in [0.1, 0.15) is 0 Å². The van der Waals surface area contributed by atoms with Crippen LogP contribution in [0, 0.1) is 5.41 Å². The van der Waals surface area contributed by atoms with Gasteiger partial charge in [-0.25, -0.2) is 0 Å². The van der Waals surface area contributed by atoms with Crippen molar-refractivity contribution in [3.05, 3.63) is 131 Å². The van der Waals surface area contributed by atoms with Crippen molar-refractivity contribution in [2.75, 3.05) is 37.6 Å². The molecule has 0 bridgehead atoms. The smallest absolute Gasteiger partial charge is 0.253 e. The molecule has 1 aromatic heterocycles. The predicted molar refractivity (Wildman–Crippen MR) is 174 cm³/mol. The molecule has 7 rings (SSSR count). The number of hydrogen-bond donors (Lipinski definition) is 0. The van der Waals surface area contributed by atoms with Gasteiger partial charge in [-0.2, -0.15) is 0 Å². The minimum Gasteiger partial charge on any atom is -0.371 e. The number of rotatable bonds is 5. The maximum absolute atomic E-state index is 14.1. The van der Waals surface area contributed by atoms with Crippen LogP contribution in [0.4, 0.5) is 5.69 Å². The fourth-order valence-electron chi connectivity index (χ4n) is 7.49. The zero-order chi connectivity index (χ0) is 29.9. The van der Waals surface area contributed by atoms with Gasteiger partial charge >= 0.3 is 0 Å². The van der Waals surface area contributed by atoms with Gasteiger partial charge in [-0.1, -0.05) is 66.7 Å². The summed E-state index contributed by atoms with van der Waals surface area (Å²) < 4.78 is 0. The highest BCUT2D eigenvalue weighted by molar-refractivity contribution is 5.94. The van der Waals surface area contributed by atoms with Gasteiger partial charge in [-0.15, -0.1) is 0 Å². The Hall–Kier alpha value is -4.45. The lowest BCUT2D eigenvalue weighted by Gasteiger charge is -2.47. The van der Waals surface area contributed by atoms with Gasteiger partial charge in [0.05, 0.1) is 5.92 Å². The summed E-state index contributed by atoms with van der Waals surface area (Å²) in [6.07, 6.45) is 9.01. The molecule has 3 aromatic carbocycles. The van der Waals surface area contributed by atoms with E-state index in [1.54, 1.807) is 0 Å². The van der Waals surface area contributed by atoms with Gasteiger partial charge in [0.25, 0.3) is 5.91 Å². The number of hydrogen-bond acceptors (Lipinski definition) is 4. The number of carbonyl (C=O) groups is 2. The highest BCUT2D eigenvalue weighted by Gasteiger charge is 2.39. The fourth-order valence-corrected chi connectivity index (χ4v) is 7.49. The Labute approximate surface area is 260 Å². The molecule has 44 heavy (non-hydrogen) atoms. The Bertz CT molecular complexity index is 1550. The summed E-state index contributed by atoms with van der Waals surface area (Å²) in [4.78, 5) is 38.4. The summed E-state index contributed by atoms with van der Waals surface area (Å²) in [7, 11) is 0. The number of aromatic nitrogens is 1. The second kappa shape index (κ2) is 12.3. The number of nitrogens with zero attached hydrogens (tertiary/aromatic N) is 4. The minimum absolute atomic E-state index is 0.112. The molecule has 224 valence electrons. The summed E-state index contributed by atoms with van der Waals surface area (Å²) in [6.45, 7) is 4.96. The van der Waals surface area contributed by atoms with Gasteiger partial charge in [0.15, 0.2) is 0 Å². The van der Waals surface area contributed by atoms with Crippen LogP contribution in [-0.4, -0.2) is 59.3 Å². The number of fused-ring (bicyclic) bond motifs is 1. The van der Waals surface area contributed by atoms with Crippen LogP contribution in [0.3, 0.4) is 0 Å². The molecule has 6 heteroatoms. The topological polar surface area (TPSA) is 56.8 Å². The van der Waals surface area contributed by atoms with Crippen LogP contribution in [0.1, 0.15) is 64.2 Å². The first-order valence-electron chi connectivity index (χ1n) is 16.0. The molecule has 2 saturated heterocycles. The van der Waals surface area contributed by atoms with Crippen molar-refractivity contribution in [1.82, 2.24) is 14.8 Å². The normalized spacial score (nSPS) is 17.9. The summed E-state index contributed by atoms with van der Waals surface area (Å²) in [5, 5.41) is 0. The van der Waals surface area contributed by atoms with Crippen LogP contribution in [0.15, 0.2) is 103 Å². The summed E-state index contributed by atoms with van der Waals surface area (Å²) >= 11 is 0. The first kappa shape index (κ1) is 28.3. The largest absolute Gasteiger partial charge is 0.371 e. The Balaban J connectivity index is 1.01. The van der Waals surface area contributed by atoms with Crippen LogP contribution < -0.4 is 4.90 Å². The van der Waals surface area contributed by atoms with Gasteiger partial charge in [-0.3, -0.25) is 14.6 Å². The molecule has 4 aromatic rings. The molecule has 3 aliphatic rings. The Morgan fingerprint density at radius 1 is 0.659 bits per heavy atom. The molecule has 3 aliphatic heterocycles. The maximum atomic E-state index is 14.1. The van der Waals surface area contributed by atoms with E-state index in [0.29, 0.717) is 18.5 Å². The van der Waals surface area contributed by atoms with E-state index < -0.39 is 0 Å². The van der Waals surface area contributed by atoms with E-state index in [9.17, 15) is 9.59 Å². The lowest BCUT2D eigenvalue weighted by molar-refractivity contribution is -0.132. The molecule has 0 saturated carbocycles. The van der Waals surface area contributed by atoms with Crippen molar-refractivity contribution in [2.45, 2.75) is 44.6 Å². The van der Waals surface area contributed by atoms with Crippen LogP contribution in [0.25, 0.3) is 0 Å². The number of likely N-dealkylation sites (tertiary alicyclic amines) is 1. The molecule has 6 nitrogen and oxygen atoms in total.